The first-order valence-corrected chi connectivity index (χ1v) is 6.56. The molecule has 0 aliphatic heterocycles. The lowest BCUT2D eigenvalue weighted by Crippen LogP contribution is -2.00. The summed E-state index contributed by atoms with van der Waals surface area (Å²) in [5.41, 5.74) is 0.690. The van der Waals surface area contributed by atoms with Gasteiger partial charge in [0.2, 0.25) is 5.75 Å². The highest BCUT2D eigenvalue weighted by molar-refractivity contribution is 9.10. The molecule has 0 aliphatic rings. The van der Waals surface area contributed by atoms with Crippen LogP contribution in [0.3, 0.4) is 0 Å². The van der Waals surface area contributed by atoms with E-state index < -0.39 is 4.92 Å². The fourth-order valence-electron chi connectivity index (χ4n) is 1.55. The van der Waals surface area contributed by atoms with Crippen LogP contribution in [0.25, 0.3) is 0 Å². The van der Waals surface area contributed by atoms with Gasteiger partial charge < -0.3 is 4.74 Å². The Morgan fingerprint density at radius 3 is 2.63 bits per heavy atom. The topological polar surface area (TPSA) is 52.4 Å². The lowest BCUT2D eigenvalue weighted by atomic mass is 10.2. The molecule has 2 rings (SSSR count). The summed E-state index contributed by atoms with van der Waals surface area (Å²) in [6, 6.07) is 11.9. The minimum atomic E-state index is -0.479. The number of hydrogen-bond acceptors (Lipinski definition) is 3. The average Bonchev–Trinajstić information content (AvgIpc) is 2.38. The largest absolute Gasteiger partial charge is 0.481 e. The fourth-order valence-corrected chi connectivity index (χ4v) is 2.21. The van der Waals surface area contributed by atoms with Gasteiger partial charge in [-0.1, -0.05) is 35.9 Å². The molecule has 0 N–H and O–H groups in total. The molecule has 2 aromatic carbocycles. The zero-order chi connectivity index (χ0) is 13.8. The van der Waals surface area contributed by atoms with Crippen LogP contribution in [0, 0.1) is 10.1 Å². The molecule has 0 saturated carbocycles. The maximum Gasteiger partial charge on any atom is 0.312 e. The van der Waals surface area contributed by atoms with Crippen molar-refractivity contribution in [2.45, 2.75) is 6.61 Å². The van der Waals surface area contributed by atoms with Crippen LogP contribution in [0.5, 0.6) is 5.75 Å². The van der Waals surface area contributed by atoms with Crippen LogP contribution in [0.1, 0.15) is 5.56 Å². The Labute approximate surface area is 123 Å². The molecule has 0 atom stereocenters. The third-order valence-electron chi connectivity index (χ3n) is 2.47. The van der Waals surface area contributed by atoms with Gasteiger partial charge in [-0.05, 0) is 28.1 Å². The second-order valence-electron chi connectivity index (χ2n) is 3.73. The first-order chi connectivity index (χ1) is 9.09. The zero-order valence-corrected chi connectivity index (χ0v) is 12.0. The molecule has 0 spiro atoms. The maximum absolute atomic E-state index is 10.9. The Hall–Kier alpha value is -1.59. The molecular weight excluding hydrogens is 334 g/mol. The molecule has 0 amide bonds. The monoisotopic (exact) mass is 341 g/mol. The Balaban J connectivity index is 2.25. The maximum atomic E-state index is 10.9. The summed E-state index contributed by atoms with van der Waals surface area (Å²) in [5, 5.41) is 11.5. The molecule has 0 bridgehead atoms. The van der Waals surface area contributed by atoms with E-state index in [0.717, 1.165) is 5.56 Å². The van der Waals surface area contributed by atoms with Gasteiger partial charge in [0.1, 0.15) is 6.61 Å². The van der Waals surface area contributed by atoms with Gasteiger partial charge in [-0.2, -0.15) is 0 Å². The van der Waals surface area contributed by atoms with Crippen LogP contribution in [0.4, 0.5) is 5.69 Å². The van der Waals surface area contributed by atoms with E-state index in [1.807, 2.05) is 18.2 Å². The summed E-state index contributed by atoms with van der Waals surface area (Å²) in [7, 11) is 0. The van der Waals surface area contributed by atoms with Crippen molar-refractivity contribution in [1.29, 1.82) is 0 Å². The van der Waals surface area contributed by atoms with E-state index in [1.54, 1.807) is 18.2 Å². The molecule has 0 aliphatic carbocycles. The van der Waals surface area contributed by atoms with Gasteiger partial charge in [0.25, 0.3) is 0 Å². The summed E-state index contributed by atoms with van der Waals surface area (Å²) in [6.45, 7) is 0.170. The quantitative estimate of drug-likeness (QED) is 0.603. The van der Waals surface area contributed by atoms with Crippen molar-refractivity contribution >= 4 is 33.2 Å². The number of benzene rings is 2. The molecule has 4 nitrogen and oxygen atoms in total. The van der Waals surface area contributed by atoms with Crippen LogP contribution in [-0.4, -0.2) is 4.92 Å². The van der Waals surface area contributed by atoms with E-state index in [-0.39, 0.29) is 18.0 Å². The molecule has 0 radical (unpaired) electrons. The molecule has 0 unspecified atom stereocenters. The molecule has 0 aromatic heterocycles. The minimum absolute atomic E-state index is 0.0820. The summed E-state index contributed by atoms with van der Waals surface area (Å²) in [6.07, 6.45) is 0. The van der Waals surface area contributed by atoms with E-state index in [1.165, 1.54) is 6.07 Å². The standard InChI is InChI=1S/C13H9BrClNO3/c14-10-5-3-7-12(16(17)18)13(10)19-8-9-4-1-2-6-11(9)15/h1-7H,8H2. The summed E-state index contributed by atoms with van der Waals surface area (Å²) in [4.78, 5) is 10.5. The van der Waals surface area contributed by atoms with E-state index in [2.05, 4.69) is 15.9 Å². The molecule has 2 aromatic rings. The van der Waals surface area contributed by atoms with Crippen LogP contribution >= 0.6 is 27.5 Å². The number of hydrogen-bond donors (Lipinski definition) is 0. The summed E-state index contributed by atoms with van der Waals surface area (Å²) >= 11 is 9.25. The van der Waals surface area contributed by atoms with Crippen molar-refractivity contribution in [1.82, 2.24) is 0 Å². The molecular formula is C13H9BrClNO3. The SMILES string of the molecule is O=[N+]([O-])c1cccc(Br)c1OCc1ccccc1Cl. The van der Waals surface area contributed by atoms with Crippen LogP contribution in [0.15, 0.2) is 46.9 Å². The number of nitro groups is 1. The molecule has 98 valence electrons. The van der Waals surface area contributed by atoms with Gasteiger partial charge in [0.05, 0.1) is 9.40 Å². The predicted octanol–water partition coefficient (Wildman–Crippen LogP) is 4.59. The second kappa shape index (κ2) is 6.04. The molecule has 0 heterocycles. The van der Waals surface area contributed by atoms with E-state index >= 15 is 0 Å². The van der Waals surface area contributed by atoms with Crippen LogP contribution in [0.2, 0.25) is 5.02 Å². The first-order valence-electron chi connectivity index (χ1n) is 5.38. The van der Waals surface area contributed by atoms with Crippen LogP contribution in [-0.2, 0) is 6.61 Å². The molecule has 19 heavy (non-hydrogen) atoms. The van der Waals surface area contributed by atoms with Gasteiger partial charge in [0.15, 0.2) is 0 Å². The summed E-state index contributed by atoms with van der Waals surface area (Å²) < 4.78 is 6.06. The number of para-hydroxylation sites is 1. The normalized spacial score (nSPS) is 10.2. The number of ether oxygens (including phenoxy) is 1. The first kappa shape index (κ1) is 13.8. The van der Waals surface area contributed by atoms with Crippen molar-refractivity contribution in [2.75, 3.05) is 0 Å². The smallest absolute Gasteiger partial charge is 0.312 e. The zero-order valence-electron chi connectivity index (χ0n) is 9.68. The van der Waals surface area contributed by atoms with Gasteiger partial charge in [-0.15, -0.1) is 0 Å². The van der Waals surface area contributed by atoms with Gasteiger partial charge in [-0.3, -0.25) is 10.1 Å². The van der Waals surface area contributed by atoms with Crippen molar-refractivity contribution in [3.63, 3.8) is 0 Å². The molecule has 0 fully saturated rings. The van der Waals surface area contributed by atoms with Crippen LogP contribution < -0.4 is 4.74 Å². The highest BCUT2D eigenvalue weighted by Gasteiger charge is 2.18. The van der Waals surface area contributed by atoms with E-state index in [4.69, 9.17) is 16.3 Å². The van der Waals surface area contributed by atoms with Gasteiger partial charge in [-0.25, -0.2) is 0 Å². The number of nitro benzene ring substituents is 1. The third kappa shape index (κ3) is 3.24. The number of halogens is 2. The second-order valence-corrected chi connectivity index (χ2v) is 4.99. The highest BCUT2D eigenvalue weighted by atomic mass is 79.9. The Morgan fingerprint density at radius 1 is 1.21 bits per heavy atom. The van der Waals surface area contributed by atoms with Crippen molar-refractivity contribution < 1.29 is 9.66 Å². The molecule has 6 heteroatoms. The van der Waals surface area contributed by atoms with Gasteiger partial charge in [0, 0.05) is 16.7 Å². The molecule has 0 saturated heterocycles. The van der Waals surface area contributed by atoms with E-state index in [9.17, 15) is 10.1 Å². The lowest BCUT2D eigenvalue weighted by Gasteiger charge is -2.09. The Morgan fingerprint density at radius 2 is 1.95 bits per heavy atom. The van der Waals surface area contributed by atoms with Crippen molar-refractivity contribution in [3.8, 4) is 5.75 Å². The lowest BCUT2D eigenvalue weighted by molar-refractivity contribution is -0.386. The highest BCUT2D eigenvalue weighted by Crippen LogP contribution is 2.35. The predicted molar refractivity (Wildman–Crippen MR) is 76.6 cm³/mol. The summed E-state index contributed by atoms with van der Waals surface area (Å²) in [5.74, 6) is 0.201. The average molecular weight is 343 g/mol. The Kier molecular flexibility index (Phi) is 4.39. The Bertz CT molecular complexity index is 619. The van der Waals surface area contributed by atoms with E-state index in [0.29, 0.717) is 9.50 Å². The van der Waals surface area contributed by atoms with Gasteiger partial charge >= 0.3 is 5.69 Å². The number of rotatable bonds is 4. The van der Waals surface area contributed by atoms with Crippen molar-refractivity contribution in [2.24, 2.45) is 0 Å². The number of nitrogens with zero attached hydrogens (tertiary/aromatic N) is 1. The minimum Gasteiger partial charge on any atom is -0.481 e. The third-order valence-corrected chi connectivity index (χ3v) is 3.47. The van der Waals surface area contributed by atoms with Crippen molar-refractivity contribution in [3.05, 3.63) is 67.6 Å². The fraction of sp³-hybridized carbons (Fsp3) is 0.0769.